The molecule has 0 amide bonds. The molecule has 0 aromatic rings. The van der Waals surface area contributed by atoms with E-state index in [4.69, 9.17) is 0 Å². The molecule has 0 radical (unpaired) electrons. The van der Waals surface area contributed by atoms with Crippen LogP contribution in [-0.2, 0) is 19.6 Å². The first-order valence-corrected chi connectivity index (χ1v) is 6.50. The van der Waals surface area contributed by atoms with Crippen molar-refractivity contribution in [3.8, 4) is 0 Å². The lowest BCUT2D eigenvalue weighted by Gasteiger charge is -2.17. The number of ether oxygens (including phenoxy) is 1. The topological polar surface area (TPSA) is 63.7 Å². The Morgan fingerprint density at radius 1 is 1.40 bits per heavy atom. The summed E-state index contributed by atoms with van der Waals surface area (Å²) in [5.41, 5.74) is 0. The number of nitrogens with zero attached hydrogens (tertiary/aromatic N) is 1. The molecule has 0 aromatic heterocycles. The van der Waals surface area contributed by atoms with E-state index in [1.165, 1.54) is 7.05 Å². The molecule has 0 unspecified atom stereocenters. The minimum Gasteiger partial charge on any atom is -0.465 e. The molecule has 0 aliphatic rings. The van der Waals surface area contributed by atoms with Gasteiger partial charge in [0.1, 0.15) is 6.54 Å². The number of rotatable bonds is 6. The van der Waals surface area contributed by atoms with E-state index in [2.05, 4.69) is 4.74 Å². The minimum absolute atomic E-state index is 0.0413. The van der Waals surface area contributed by atoms with Crippen LogP contribution in [0, 0.1) is 5.92 Å². The highest BCUT2D eigenvalue weighted by atomic mass is 32.2. The third kappa shape index (κ3) is 5.74. The molecular formula is C9H19NO4S. The number of likely N-dealkylation sites (N-methyl/N-ethyl adjacent to an activating group) is 1. The van der Waals surface area contributed by atoms with Gasteiger partial charge in [-0.1, -0.05) is 13.8 Å². The van der Waals surface area contributed by atoms with Crippen LogP contribution in [0.15, 0.2) is 0 Å². The van der Waals surface area contributed by atoms with E-state index in [-0.39, 0.29) is 24.8 Å². The van der Waals surface area contributed by atoms with Gasteiger partial charge < -0.3 is 4.74 Å². The molecule has 0 spiro atoms. The SMILES string of the molecule is CCOC(=O)CN(C)S(=O)(=O)CC(C)C. The number of hydrogen-bond donors (Lipinski definition) is 0. The first kappa shape index (κ1) is 14.4. The molecule has 15 heavy (non-hydrogen) atoms. The first-order chi connectivity index (χ1) is 6.79. The van der Waals surface area contributed by atoms with Crippen molar-refractivity contribution < 1.29 is 17.9 Å². The lowest BCUT2D eigenvalue weighted by atomic mass is 10.3. The third-order valence-corrected chi connectivity index (χ3v) is 3.84. The van der Waals surface area contributed by atoms with Crippen LogP contribution < -0.4 is 0 Å². The van der Waals surface area contributed by atoms with E-state index in [0.717, 1.165) is 4.31 Å². The van der Waals surface area contributed by atoms with Gasteiger partial charge in [0.15, 0.2) is 0 Å². The van der Waals surface area contributed by atoms with Crippen LogP contribution in [-0.4, -0.2) is 44.6 Å². The van der Waals surface area contributed by atoms with Crippen LogP contribution in [0.1, 0.15) is 20.8 Å². The molecule has 0 saturated carbocycles. The van der Waals surface area contributed by atoms with Crippen LogP contribution in [0.5, 0.6) is 0 Å². The second kappa shape index (κ2) is 6.07. The van der Waals surface area contributed by atoms with Crippen LogP contribution in [0.2, 0.25) is 0 Å². The van der Waals surface area contributed by atoms with Crippen molar-refractivity contribution in [3.63, 3.8) is 0 Å². The fraction of sp³-hybridized carbons (Fsp3) is 0.889. The van der Waals surface area contributed by atoms with Gasteiger partial charge in [-0.25, -0.2) is 8.42 Å². The predicted octanol–water partition coefficient (Wildman–Crippen LogP) is 0.467. The average molecular weight is 237 g/mol. The Morgan fingerprint density at radius 3 is 2.33 bits per heavy atom. The van der Waals surface area contributed by atoms with Gasteiger partial charge in [-0.15, -0.1) is 0 Å². The predicted molar refractivity (Wildman–Crippen MR) is 57.9 cm³/mol. The summed E-state index contributed by atoms with van der Waals surface area (Å²) in [5, 5.41) is 0. The van der Waals surface area contributed by atoms with Gasteiger partial charge in [-0.05, 0) is 12.8 Å². The normalized spacial score (nSPS) is 12.1. The Labute approximate surface area is 91.5 Å². The zero-order chi connectivity index (χ0) is 12.1. The highest BCUT2D eigenvalue weighted by molar-refractivity contribution is 7.89. The second-order valence-corrected chi connectivity index (χ2v) is 5.85. The van der Waals surface area contributed by atoms with Crippen molar-refractivity contribution in [2.45, 2.75) is 20.8 Å². The number of sulfonamides is 1. The van der Waals surface area contributed by atoms with Crippen molar-refractivity contribution in [2.24, 2.45) is 5.92 Å². The van der Waals surface area contributed by atoms with Gasteiger partial charge in [0.25, 0.3) is 0 Å². The summed E-state index contributed by atoms with van der Waals surface area (Å²) in [6, 6.07) is 0. The van der Waals surface area contributed by atoms with Gasteiger partial charge in [-0.3, -0.25) is 4.79 Å². The molecule has 0 rings (SSSR count). The molecule has 0 atom stereocenters. The standard InChI is InChI=1S/C9H19NO4S/c1-5-14-9(11)6-10(4)15(12,13)7-8(2)3/h8H,5-7H2,1-4H3. The van der Waals surface area contributed by atoms with Crippen molar-refractivity contribution in [1.29, 1.82) is 0 Å². The van der Waals surface area contributed by atoms with Crippen molar-refractivity contribution >= 4 is 16.0 Å². The summed E-state index contributed by atoms with van der Waals surface area (Å²) >= 11 is 0. The van der Waals surface area contributed by atoms with Gasteiger partial charge in [-0.2, -0.15) is 4.31 Å². The number of carbonyl (C=O) groups is 1. The third-order valence-electron chi connectivity index (χ3n) is 1.68. The molecule has 90 valence electrons. The minimum atomic E-state index is -3.34. The van der Waals surface area contributed by atoms with Crippen molar-refractivity contribution in [3.05, 3.63) is 0 Å². The largest absolute Gasteiger partial charge is 0.465 e. The lowest BCUT2D eigenvalue weighted by molar-refractivity contribution is -0.143. The molecule has 6 heteroatoms. The monoisotopic (exact) mass is 237 g/mol. The molecule has 0 aliphatic carbocycles. The summed E-state index contributed by atoms with van der Waals surface area (Å²) in [6.07, 6.45) is 0. The highest BCUT2D eigenvalue weighted by Gasteiger charge is 2.21. The Kier molecular flexibility index (Phi) is 5.82. The molecule has 0 aliphatic heterocycles. The van der Waals surface area contributed by atoms with Crippen LogP contribution in [0.25, 0.3) is 0 Å². The molecule has 0 aromatic carbocycles. The number of esters is 1. The molecule has 0 fully saturated rings. The van der Waals surface area contributed by atoms with E-state index >= 15 is 0 Å². The quantitative estimate of drug-likeness (QED) is 0.630. The van der Waals surface area contributed by atoms with Crippen molar-refractivity contribution in [1.82, 2.24) is 4.31 Å². The van der Waals surface area contributed by atoms with E-state index in [1.807, 2.05) is 13.8 Å². The smallest absolute Gasteiger partial charge is 0.321 e. The van der Waals surface area contributed by atoms with Crippen LogP contribution in [0.3, 0.4) is 0 Å². The second-order valence-electron chi connectivity index (χ2n) is 3.73. The highest BCUT2D eigenvalue weighted by Crippen LogP contribution is 2.04. The fourth-order valence-electron chi connectivity index (χ4n) is 1.04. The van der Waals surface area contributed by atoms with E-state index in [1.54, 1.807) is 6.92 Å². The molecular weight excluding hydrogens is 218 g/mol. The van der Waals surface area contributed by atoms with E-state index in [9.17, 15) is 13.2 Å². The first-order valence-electron chi connectivity index (χ1n) is 4.89. The molecule has 0 N–H and O–H groups in total. The van der Waals surface area contributed by atoms with Crippen molar-refractivity contribution in [2.75, 3.05) is 26.0 Å². The lowest BCUT2D eigenvalue weighted by Crippen LogP contribution is -2.35. The Balaban J connectivity index is 4.31. The Hall–Kier alpha value is -0.620. The number of hydrogen-bond acceptors (Lipinski definition) is 4. The maximum atomic E-state index is 11.6. The maximum absolute atomic E-state index is 11.6. The summed E-state index contributed by atoms with van der Waals surface area (Å²) < 4.78 is 28.9. The summed E-state index contributed by atoms with van der Waals surface area (Å²) in [4.78, 5) is 11.1. The zero-order valence-electron chi connectivity index (χ0n) is 9.69. The van der Waals surface area contributed by atoms with Crippen LogP contribution >= 0.6 is 0 Å². The number of carbonyl (C=O) groups excluding carboxylic acids is 1. The molecule has 0 saturated heterocycles. The fourth-order valence-corrected chi connectivity index (χ4v) is 2.43. The van der Waals surface area contributed by atoms with Gasteiger partial charge in [0, 0.05) is 7.05 Å². The van der Waals surface area contributed by atoms with Gasteiger partial charge in [0.2, 0.25) is 10.0 Å². The van der Waals surface area contributed by atoms with Crippen LogP contribution in [0.4, 0.5) is 0 Å². The average Bonchev–Trinajstić information content (AvgIpc) is 2.01. The summed E-state index contributed by atoms with van der Waals surface area (Å²) in [5.74, 6) is -0.435. The molecule has 0 heterocycles. The van der Waals surface area contributed by atoms with Gasteiger partial charge >= 0.3 is 5.97 Å². The maximum Gasteiger partial charge on any atom is 0.321 e. The van der Waals surface area contributed by atoms with E-state index in [0.29, 0.717) is 0 Å². The van der Waals surface area contributed by atoms with E-state index < -0.39 is 16.0 Å². The Morgan fingerprint density at radius 2 is 1.93 bits per heavy atom. The summed E-state index contributed by atoms with van der Waals surface area (Å²) in [6.45, 7) is 5.35. The Bertz CT molecular complexity index is 297. The zero-order valence-corrected chi connectivity index (χ0v) is 10.5. The molecule has 0 bridgehead atoms. The van der Waals surface area contributed by atoms with Gasteiger partial charge in [0.05, 0.1) is 12.4 Å². The summed E-state index contributed by atoms with van der Waals surface area (Å²) in [7, 11) is -1.96. The molecule has 5 nitrogen and oxygen atoms in total.